The Morgan fingerprint density at radius 3 is 2.43 bits per heavy atom. The summed E-state index contributed by atoms with van der Waals surface area (Å²) in [6.07, 6.45) is 0. The molecule has 0 radical (unpaired) electrons. The Kier molecular flexibility index (Phi) is 5.77. The summed E-state index contributed by atoms with van der Waals surface area (Å²) in [7, 11) is 1.69. The smallest absolute Gasteiger partial charge is 0.158 e. The lowest BCUT2D eigenvalue weighted by molar-refractivity contribution is 0.336. The van der Waals surface area contributed by atoms with Crippen molar-refractivity contribution in [2.45, 2.75) is 41.5 Å². The molecule has 0 unspecified atom stereocenters. The minimum atomic E-state index is 0.521. The van der Waals surface area contributed by atoms with Crippen molar-refractivity contribution in [3.63, 3.8) is 0 Å². The Morgan fingerprint density at radius 1 is 1.07 bits per heavy atom. The van der Waals surface area contributed by atoms with Gasteiger partial charge in [0, 0.05) is 34.8 Å². The second-order valence-electron chi connectivity index (χ2n) is 7.43. The van der Waals surface area contributed by atoms with Gasteiger partial charge in [0.2, 0.25) is 0 Å². The van der Waals surface area contributed by atoms with Crippen LogP contribution in [0.25, 0.3) is 16.5 Å². The highest BCUT2D eigenvalue weighted by molar-refractivity contribution is 5.98. The maximum absolute atomic E-state index is 5.68. The quantitative estimate of drug-likeness (QED) is 0.635. The van der Waals surface area contributed by atoms with Crippen molar-refractivity contribution in [3.05, 3.63) is 35.3 Å². The summed E-state index contributed by atoms with van der Waals surface area (Å²) >= 11 is 0. The van der Waals surface area contributed by atoms with Crippen molar-refractivity contribution in [1.29, 1.82) is 0 Å². The minimum Gasteiger partial charge on any atom is -0.494 e. The van der Waals surface area contributed by atoms with Crippen LogP contribution < -0.4 is 14.8 Å². The molecule has 0 saturated carbocycles. The van der Waals surface area contributed by atoms with E-state index in [2.05, 4.69) is 47.8 Å². The van der Waals surface area contributed by atoms with Crippen molar-refractivity contribution in [2.24, 2.45) is 5.92 Å². The molecule has 150 valence electrons. The van der Waals surface area contributed by atoms with Crippen LogP contribution in [0.2, 0.25) is 0 Å². The molecule has 1 aromatic carbocycles. The lowest BCUT2D eigenvalue weighted by Gasteiger charge is -2.15. The van der Waals surface area contributed by atoms with Gasteiger partial charge in [-0.2, -0.15) is 5.10 Å². The number of rotatable bonds is 7. The summed E-state index contributed by atoms with van der Waals surface area (Å²) < 4.78 is 13.5. The first kappa shape index (κ1) is 20.0. The number of hydrogen-bond acceptors (Lipinski definition) is 5. The predicted octanol–water partition coefficient (Wildman–Crippen LogP) is 4.82. The molecule has 0 amide bonds. The molecule has 2 heterocycles. The number of ether oxygens (including phenoxy) is 2. The first-order valence-electron chi connectivity index (χ1n) is 9.78. The second kappa shape index (κ2) is 8.09. The van der Waals surface area contributed by atoms with Gasteiger partial charge in [-0.15, -0.1) is 5.10 Å². The second-order valence-corrected chi connectivity index (χ2v) is 7.43. The van der Waals surface area contributed by atoms with Crippen molar-refractivity contribution in [2.75, 3.05) is 25.6 Å². The molecule has 0 aliphatic carbocycles. The van der Waals surface area contributed by atoms with Gasteiger partial charge in [-0.05, 0) is 45.7 Å². The number of aromatic nitrogens is 3. The van der Waals surface area contributed by atoms with Crippen molar-refractivity contribution >= 4 is 16.6 Å². The molecule has 2 aromatic heterocycles. The molecule has 0 aliphatic rings. The van der Waals surface area contributed by atoms with Crippen LogP contribution >= 0.6 is 0 Å². The minimum absolute atomic E-state index is 0.521. The fourth-order valence-electron chi connectivity index (χ4n) is 3.68. The van der Waals surface area contributed by atoms with Crippen molar-refractivity contribution in [3.8, 4) is 17.2 Å². The Hall–Kier alpha value is -2.76. The zero-order chi connectivity index (χ0) is 20.4. The van der Waals surface area contributed by atoms with E-state index < -0.39 is 0 Å². The lowest BCUT2D eigenvalue weighted by Crippen LogP contribution is -2.10. The summed E-state index contributed by atoms with van der Waals surface area (Å²) in [5.41, 5.74) is 4.13. The van der Waals surface area contributed by atoms with Gasteiger partial charge in [0.25, 0.3) is 0 Å². The molecule has 28 heavy (non-hydrogen) atoms. The number of anilines is 1. The monoisotopic (exact) mass is 382 g/mol. The summed E-state index contributed by atoms with van der Waals surface area (Å²) in [5, 5.41) is 14.6. The predicted molar refractivity (Wildman–Crippen MR) is 114 cm³/mol. The molecule has 6 nitrogen and oxygen atoms in total. The molecule has 1 N–H and O–H groups in total. The third kappa shape index (κ3) is 3.51. The van der Waals surface area contributed by atoms with E-state index in [4.69, 9.17) is 9.47 Å². The number of aryl methyl sites for hydroxylation is 3. The molecule has 0 bridgehead atoms. The molecule has 0 saturated heterocycles. The van der Waals surface area contributed by atoms with Crippen LogP contribution in [-0.4, -0.2) is 35.0 Å². The van der Waals surface area contributed by atoms with Crippen molar-refractivity contribution in [1.82, 2.24) is 14.8 Å². The van der Waals surface area contributed by atoms with Gasteiger partial charge in [0.15, 0.2) is 5.82 Å². The summed E-state index contributed by atoms with van der Waals surface area (Å²) in [6, 6.07) is 5.95. The normalized spacial score (nSPS) is 11.3. The van der Waals surface area contributed by atoms with E-state index in [9.17, 15) is 0 Å². The Morgan fingerprint density at radius 2 is 1.79 bits per heavy atom. The molecule has 0 spiro atoms. The highest BCUT2D eigenvalue weighted by Crippen LogP contribution is 2.37. The average Bonchev–Trinajstić information content (AvgIpc) is 2.93. The molecule has 0 fully saturated rings. The van der Waals surface area contributed by atoms with Crippen LogP contribution in [-0.2, 0) is 0 Å². The first-order valence-corrected chi connectivity index (χ1v) is 9.78. The zero-order valence-corrected chi connectivity index (χ0v) is 17.9. The van der Waals surface area contributed by atoms with Crippen LogP contribution in [0.3, 0.4) is 0 Å². The van der Waals surface area contributed by atoms with Gasteiger partial charge >= 0.3 is 0 Å². The summed E-state index contributed by atoms with van der Waals surface area (Å²) in [6.45, 7) is 14.0. The molecular weight excluding hydrogens is 352 g/mol. The van der Waals surface area contributed by atoms with Crippen molar-refractivity contribution < 1.29 is 9.47 Å². The average molecular weight is 383 g/mol. The fourth-order valence-corrected chi connectivity index (χ4v) is 3.68. The number of hydrogen-bond donors (Lipinski definition) is 1. The standard InChI is InChI=1S/C22H30N4O2/c1-8-28-17-9-10-18(19(11-17)27-7)26-15(5)20-14(4)24-25-22(21(20)16(26)6)23-12-13(2)3/h9-11,13H,8,12H2,1-7H3,(H,23,25). The Balaban J connectivity index is 2.23. The van der Waals surface area contributed by atoms with E-state index in [1.54, 1.807) is 7.11 Å². The van der Waals surface area contributed by atoms with E-state index in [0.29, 0.717) is 12.5 Å². The number of nitrogens with zero attached hydrogens (tertiary/aromatic N) is 3. The fraction of sp³-hybridized carbons (Fsp3) is 0.455. The van der Waals surface area contributed by atoms with E-state index >= 15 is 0 Å². The third-order valence-corrected chi connectivity index (χ3v) is 4.92. The van der Waals surface area contributed by atoms with Gasteiger partial charge in [0.05, 0.1) is 25.1 Å². The van der Waals surface area contributed by atoms with E-state index in [1.807, 2.05) is 32.0 Å². The molecular formula is C22H30N4O2. The van der Waals surface area contributed by atoms with E-state index in [1.165, 1.54) is 0 Å². The molecule has 0 atom stereocenters. The molecule has 3 rings (SSSR count). The van der Waals surface area contributed by atoms with Gasteiger partial charge in [-0.3, -0.25) is 0 Å². The van der Waals surface area contributed by atoms with Gasteiger partial charge in [-0.1, -0.05) is 13.8 Å². The van der Waals surface area contributed by atoms with Crippen LogP contribution in [0.5, 0.6) is 11.5 Å². The van der Waals surface area contributed by atoms with E-state index in [-0.39, 0.29) is 0 Å². The first-order chi connectivity index (χ1) is 13.4. The molecule has 3 aromatic rings. The third-order valence-electron chi connectivity index (χ3n) is 4.92. The largest absolute Gasteiger partial charge is 0.494 e. The topological polar surface area (TPSA) is 61.2 Å². The maximum atomic E-state index is 5.68. The van der Waals surface area contributed by atoms with Gasteiger partial charge in [0.1, 0.15) is 11.5 Å². The Labute approximate surface area is 166 Å². The highest BCUT2D eigenvalue weighted by Gasteiger charge is 2.21. The highest BCUT2D eigenvalue weighted by atomic mass is 16.5. The van der Waals surface area contributed by atoms with Crippen LogP contribution in [0.4, 0.5) is 5.82 Å². The lowest BCUT2D eigenvalue weighted by atomic mass is 10.1. The molecule has 0 aliphatic heterocycles. The van der Waals surface area contributed by atoms with Crippen LogP contribution in [0, 0.1) is 26.7 Å². The summed E-state index contributed by atoms with van der Waals surface area (Å²) in [5.74, 6) is 2.92. The van der Waals surface area contributed by atoms with Crippen LogP contribution in [0.15, 0.2) is 18.2 Å². The SMILES string of the molecule is CCOc1ccc(-n2c(C)c3c(C)nnc(NCC(C)C)c3c2C)c(OC)c1. The number of fused-ring (bicyclic) bond motifs is 1. The Bertz CT molecular complexity index is 992. The van der Waals surface area contributed by atoms with Crippen LogP contribution in [0.1, 0.15) is 37.9 Å². The number of benzene rings is 1. The molecule has 6 heteroatoms. The zero-order valence-electron chi connectivity index (χ0n) is 17.9. The van der Waals surface area contributed by atoms with Gasteiger partial charge < -0.3 is 19.4 Å². The van der Waals surface area contributed by atoms with E-state index in [0.717, 1.165) is 57.4 Å². The maximum Gasteiger partial charge on any atom is 0.158 e. The van der Waals surface area contributed by atoms with Gasteiger partial charge in [-0.25, -0.2) is 0 Å². The number of methoxy groups -OCH3 is 1. The number of nitrogens with one attached hydrogen (secondary N) is 1. The summed E-state index contributed by atoms with van der Waals surface area (Å²) in [4.78, 5) is 0.